The van der Waals surface area contributed by atoms with E-state index in [4.69, 9.17) is 10.8 Å². The molecule has 0 saturated carbocycles. The second-order valence-corrected chi connectivity index (χ2v) is 4.06. The molecule has 0 spiro atoms. The van der Waals surface area contributed by atoms with Gasteiger partial charge in [0.2, 0.25) is 0 Å². The highest BCUT2D eigenvalue weighted by Gasteiger charge is 2.15. The molecule has 1 atom stereocenters. The van der Waals surface area contributed by atoms with Crippen LogP contribution in [0.15, 0.2) is 30.3 Å². The summed E-state index contributed by atoms with van der Waals surface area (Å²) >= 11 is 0. The molecular formula is C13H20N2O2. The van der Waals surface area contributed by atoms with Gasteiger partial charge in [-0.1, -0.05) is 30.3 Å². The molecule has 0 aliphatic heterocycles. The minimum Gasteiger partial charge on any atom is -0.481 e. The lowest BCUT2D eigenvalue weighted by molar-refractivity contribution is -0.137. The van der Waals surface area contributed by atoms with Gasteiger partial charge in [0, 0.05) is 25.7 Å². The molecule has 0 aliphatic carbocycles. The SMILES string of the molecule is CC(c1ccccc1)N(CCN)CCC(=O)O. The van der Waals surface area contributed by atoms with Crippen LogP contribution in [0.4, 0.5) is 0 Å². The van der Waals surface area contributed by atoms with Crippen molar-refractivity contribution in [1.82, 2.24) is 4.90 Å². The van der Waals surface area contributed by atoms with E-state index in [9.17, 15) is 4.79 Å². The number of carboxylic acids is 1. The van der Waals surface area contributed by atoms with E-state index < -0.39 is 5.97 Å². The molecule has 1 aromatic rings. The quantitative estimate of drug-likeness (QED) is 0.752. The first-order valence-electron chi connectivity index (χ1n) is 5.86. The highest BCUT2D eigenvalue weighted by atomic mass is 16.4. The van der Waals surface area contributed by atoms with Crippen molar-refractivity contribution in [1.29, 1.82) is 0 Å². The summed E-state index contributed by atoms with van der Waals surface area (Å²) in [5.41, 5.74) is 6.75. The summed E-state index contributed by atoms with van der Waals surface area (Å²) in [5.74, 6) is -0.771. The Balaban J connectivity index is 2.66. The Morgan fingerprint density at radius 3 is 2.53 bits per heavy atom. The van der Waals surface area contributed by atoms with E-state index in [1.165, 1.54) is 5.56 Å². The summed E-state index contributed by atoms with van der Waals surface area (Å²) in [7, 11) is 0. The van der Waals surface area contributed by atoms with Crippen molar-refractivity contribution >= 4 is 5.97 Å². The molecule has 1 rings (SSSR count). The van der Waals surface area contributed by atoms with Crippen LogP contribution in [0.3, 0.4) is 0 Å². The Morgan fingerprint density at radius 2 is 2.00 bits per heavy atom. The van der Waals surface area contributed by atoms with Gasteiger partial charge in [0.05, 0.1) is 6.42 Å². The topological polar surface area (TPSA) is 66.6 Å². The van der Waals surface area contributed by atoms with Gasteiger partial charge >= 0.3 is 5.97 Å². The first kappa shape index (κ1) is 13.7. The number of nitrogens with zero attached hydrogens (tertiary/aromatic N) is 1. The molecule has 3 N–H and O–H groups in total. The highest BCUT2D eigenvalue weighted by molar-refractivity contribution is 5.66. The third kappa shape index (κ3) is 4.54. The molecule has 0 saturated heterocycles. The summed E-state index contributed by atoms with van der Waals surface area (Å²) in [6.45, 7) is 3.86. The predicted octanol–water partition coefficient (Wildman–Crippen LogP) is 1.48. The minimum atomic E-state index is -0.771. The fourth-order valence-corrected chi connectivity index (χ4v) is 1.85. The molecule has 4 nitrogen and oxygen atoms in total. The Morgan fingerprint density at radius 1 is 1.35 bits per heavy atom. The molecule has 0 radical (unpaired) electrons. The predicted molar refractivity (Wildman–Crippen MR) is 67.7 cm³/mol. The van der Waals surface area contributed by atoms with Crippen molar-refractivity contribution in [2.24, 2.45) is 5.73 Å². The van der Waals surface area contributed by atoms with Gasteiger partial charge in [-0.15, -0.1) is 0 Å². The van der Waals surface area contributed by atoms with Crippen LogP contribution in [-0.4, -0.2) is 35.6 Å². The Bertz CT molecular complexity index is 341. The Labute approximate surface area is 102 Å². The van der Waals surface area contributed by atoms with Crippen LogP contribution >= 0.6 is 0 Å². The second kappa shape index (κ2) is 7.04. The van der Waals surface area contributed by atoms with Crippen LogP contribution < -0.4 is 5.73 Å². The van der Waals surface area contributed by atoms with Crippen molar-refractivity contribution in [3.63, 3.8) is 0 Å². The van der Waals surface area contributed by atoms with E-state index in [1.54, 1.807) is 0 Å². The van der Waals surface area contributed by atoms with Gasteiger partial charge in [-0.25, -0.2) is 0 Å². The van der Waals surface area contributed by atoms with Crippen LogP contribution in [0, 0.1) is 0 Å². The molecular weight excluding hydrogens is 216 g/mol. The Kier molecular flexibility index (Phi) is 5.66. The van der Waals surface area contributed by atoms with Crippen LogP contribution in [0.25, 0.3) is 0 Å². The first-order chi connectivity index (χ1) is 8.15. The van der Waals surface area contributed by atoms with Crippen molar-refractivity contribution in [3.05, 3.63) is 35.9 Å². The normalized spacial score (nSPS) is 12.6. The number of benzene rings is 1. The molecule has 4 heteroatoms. The number of carbonyl (C=O) groups is 1. The van der Waals surface area contributed by atoms with Crippen LogP contribution in [0.1, 0.15) is 24.9 Å². The van der Waals surface area contributed by atoms with Crippen LogP contribution in [0.5, 0.6) is 0 Å². The fraction of sp³-hybridized carbons (Fsp3) is 0.462. The van der Waals surface area contributed by atoms with E-state index in [-0.39, 0.29) is 12.5 Å². The molecule has 94 valence electrons. The molecule has 0 fully saturated rings. The lowest BCUT2D eigenvalue weighted by Gasteiger charge is -2.28. The van der Waals surface area contributed by atoms with E-state index >= 15 is 0 Å². The minimum absolute atomic E-state index is 0.150. The number of hydrogen-bond acceptors (Lipinski definition) is 3. The maximum absolute atomic E-state index is 10.6. The average molecular weight is 236 g/mol. The molecule has 0 bridgehead atoms. The standard InChI is InChI=1S/C13H20N2O2/c1-11(12-5-3-2-4-6-12)15(10-8-14)9-7-13(16)17/h2-6,11H,7-10,14H2,1H3,(H,16,17). The molecule has 1 aromatic carbocycles. The van der Waals surface area contributed by atoms with Crippen molar-refractivity contribution in [3.8, 4) is 0 Å². The summed E-state index contributed by atoms with van der Waals surface area (Å²) in [6.07, 6.45) is 0.150. The number of rotatable bonds is 7. The van der Waals surface area contributed by atoms with Gasteiger partial charge in [0.1, 0.15) is 0 Å². The van der Waals surface area contributed by atoms with Gasteiger partial charge in [-0.2, -0.15) is 0 Å². The van der Waals surface area contributed by atoms with E-state index in [2.05, 4.69) is 24.0 Å². The molecule has 1 unspecified atom stereocenters. The van der Waals surface area contributed by atoms with E-state index in [0.29, 0.717) is 19.6 Å². The third-order valence-corrected chi connectivity index (χ3v) is 2.86. The van der Waals surface area contributed by atoms with Crippen LogP contribution in [0.2, 0.25) is 0 Å². The zero-order valence-corrected chi connectivity index (χ0v) is 10.2. The molecule has 0 aliphatic rings. The lowest BCUT2D eigenvalue weighted by Crippen LogP contribution is -2.33. The summed E-state index contributed by atoms with van der Waals surface area (Å²) in [4.78, 5) is 12.7. The summed E-state index contributed by atoms with van der Waals surface area (Å²) in [6, 6.07) is 10.2. The highest BCUT2D eigenvalue weighted by Crippen LogP contribution is 2.19. The summed E-state index contributed by atoms with van der Waals surface area (Å²) < 4.78 is 0. The monoisotopic (exact) mass is 236 g/mol. The molecule has 0 amide bonds. The van der Waals surface area contributed by atoms with Gasteiger partial charge in [0.25, 0.3) is 0 Å². The fourth-order valence-electron chi connectivity index (χ4n) is 1.85. The van der Waals surface area contributed by atoms with Crippen molar-refractivity contribution < 1.29 is 9.90 Å². The third-order valence-electron chi connectivity index (χ3n) is 2.86. The van der Waals surface area contributed by atoms with E-state index in [1.807, 2.05) is 18.2 Å². The largest absolute Gasteiger partial charge is 0.481 e. The maximum atomic E-state index is 10.6. The van der Waals surface area contributed by atoms with Crippen LogP contribution in [-0.2, 0) is 4.79 Å². The van der Waals surface area contributed by atoms with Gasteiger partial charge in [-0.05, 0) is 12.5 Å². The van der Waals surface area contributed by atoms with Gasteiger partial charge in [0.15, 0.2) is 0 Å². The molecule has 0 aromatic heterocycles. The molecule has 0 heterocycles. The zero-order valence-electron chi connectivity index (χ0n) is 10.2. The zero-order chi connectivity index (χ0) is 12.7. The number of hydrogen-bond donors (Lipinski definition) is 2. The smallest absolute Gasteiger partial charge is 0.304 e. The number of nitrogens with two attached hydrogens (primary N) is 1. The number of carboxylic acid groups (broad SMARTS) is 1. The first-order valence-corrected chi connectivity index (χ1v) is 5.86. The summed E-state index contributed by atoms with van der Waals surface area (Å²) in [5, 5.41) is 8.73. The van der Waals surface area contributed by atoms with Crippen molar-refractivity contribution in [2.75, 3.05) is 19.6 Å². The average Bonchev–Trinajstić information content (AvgIpc) is 2.34. The van der Waals surface area contributed by atoms with Gasteiger partial charge < -0.3 is 10.8 Å². The lowest BCUT2D eigenvalue weighted by atomic mass is 10.1. The second-order valence-electron chi connectivity index (χ2n) is 4.06. The van der Waals surface area contributed by atoms with E-state index in [0.717, 1.165) is 0 Å². The van der Waals surface area contributed by atoms with Gasteiger partial charge in [-0.3, -0.25) is 9.69 Å². The molecule has 17 heavy (non-hydrogen) atoms. The number of aliphatic carboxylic acids is 1. The Hall–Kier alpha value is -1.39. The van der Waals surface area contributed by atoms with Crippen molar-refractivity contribution in [2.45, 2.75) is 19.4 Å². The maximum Gasteiger partial charge on any atom is 0.304 e.